The molecule has 0 spiro atoms. The molecule has 6 nitrogen and oxygen atoms in total. The summed E-state index contributed by atoms with van der Waals surface area (Å²) >= 11 is 0. The zero-order valence-electron chi connectivity index (χ0n) is 10.5. The lowest BCUT2D eigenvalue weighted by Gasteiger charge is -2.28. The number of hydrogen-bond donors (Lipinski definition) is 0. The summed E-state index contributed by atoms with van der Waals surface area (Å²) in [5.74, 6) is -2.76. The molecule has 95 valence electrons. The lowest BCUT2D eigenvalue weighted by atomic mass is 10.4. The van der Waals surface area contributed by atoms with Gasteiger partial charge in [-0.05, 0) is 0 Å². The second kappa shape index (κ2) is 6.95. The molecule has 0 heterocycles. The predicted molar refractivity (Wildman–Crippen MR) is 55.3 cm³/mol. The molecule has 0 amide bonds. The molecule has 16 heavy (non-hydrogen) atoms. The molecule has 0 bridgehead atoms. The minimum Gasteiger partial charge on any atom is -0.327 e. The molecule has 0 aromatic heterocycles. The van der Waals surface area contributed by atoms with Gasteiger partial charge in [0.15, 0.2) is 0 Å². The summed E-state index contributed by atoms with van der Waals surface area (Å²) in [5.41, 5.74) is 0. The van der Waals surface area contributed by atoms with Crippen LogP contribution in [-0.2, 0) is 28.4 Å². The van der Waals surface area contributed by atoms with Gasteiger partial charge in [-0.3, -0.25) is 0 Å². The van der Waals surface area contributed by atoms with Crippen molar-refractivity contribution in [3.63, 3.8) is 0 Å². The number of ether oxygens (including phenoxy) is 6. The minimum atomic E-state index is -1.42. The molecular weight excluding hydrogens is 216 g/mol. The van der Waals surface area contributed by atoms with E-state index in [0.717, 1.165) is 0 Å². The fraction of sp³-hybridized carbons (Fsp3) is 0.800. The molecule has 0 saturated heterocycles. The molecule has 0 N–H and O–H groups in total. The highest BCUT2D eigenvalue weighted by molar-refractivity contribution is 4.90. The summed E-state index contributed by atoms with van der Waals surface area (Å²) < 4.78 is 30.1. The van der Waals surface area contributed by atoms with Crippen LogP contribution in [0.3, 0.4) is 0 Å². The van der Waals surface area contributed by atoms with Crippen molar-refractivity contribution in [2.45, 2.75) is 11.9 Å². The van der Waals surface area contributed by atoms with Crippen LogP contribution in [0.25, 0.3) is 0 Å². The van der Waals surface area contributed by atoms with Crippen LogP contribution in [0, 0.1) is 6.08 Å². The molecule has 0 saturated carbocycles. The van der Waals surface area contributed by atoms with Gasteiger partial charge in [-0.2, -0.15) is 0 Å². The highest BCUT2D eigenvalue weighted by atomic mass is 16.9. The first-order valence-corrected chi connectivity index (χ1v) is 4.50. The Hall–Kier alpha value is -0.500. The van der Waals surface area contributed by atoms with Gasteiger partial charge < -0.3 is 28.4 Å². The normalized spacial score (nSPS) is 13.6. The van der Waals surface area contributed by atoms with E-state index in [-0.39, 0.29) is 0 Å². The molecule has 0 aliphatic carbocycles. The third-order valence-corrected chi connectivity index (χ3v) is 2.09. The fourth-order valence-electron chi connectivity index (χ4n) is 1.03. The van der Waals surface area contributed by atoms with Crippen LogP contribution in [0.2, 0.25) is 0 Å². The molecule has 0 aromatic carbocycles. The molecule has 0 unspecified atom stereocenters. The van der Waals surface area contributed by atoms with Gasteiger partial charge in [0.1, 0.15) is 0 Å². The quantitative estimate of drug-likeness (QED) is 0.572. The smallest absolute Gasteiger partial charge is 0.311 e. The highest BCUT2D eigenvalue weighted by Crippen LogP contribution is 2.19. The van der Waals surface area contributed by atoms with Gasteiger partial charge in [-0.15, -0.1) is 0 Å². The minimum absolute atomic E-state index is 1.35. The first kappa shape index (κ1) is 15.5. The van der Waals surface area contributed by atoms with Gasteiger partial charge in [0.25, 0.3) is 0 Å². The van der Waals surface area contributed by atoms with Crippen LogP contribution >= 0.6 is 0 Å². The fourth-order valence-corrected chi connectivity index (χ4v) is 1.03. The van der Waals surface area contributed by atoms with E-state index in [1.807, 2.05) is 0 Å². The first-order chi connectivity index (χ1) is 7.57. The van der Waals surface area contributed by atoms with Crippen molar-refractivity contribution < 1.29 is 28.4 Å². The molecule has 0 aliphatic rings. The van der Waals surface area contributed by atoms with Crippen molar-refractivity contribution in [1.82, 2.24) is 0 Å². The maximum Gasteiger partial charge on any atom is 0.311 e. The number of rotatable bonds is 8. The average molecular weight is 235 g/mol. The number of methoxy groups -OCH3 is 6. The molecular formula is C10H19O6. The van der Waals surface area contributed by atoms with E-state index in [9.17, 15) is 0 Å². The van der Waals surface area contributed by atoms with Crippen LogP contribution in [0.5, 0.6) is 0 Å². The van der Waals surface area contributed by atoms with Crippen molar-refractivity contribution in [2.24, 2.45) is 0 Å². The first-order valence-electron chi connectivity index (χ1n) is 4.50. The molecule has 0 atom stereocenters. The molecule has 0 aliphatic heterocycles. The van der Waals surface area contributed by atoms with E-state index in [2.05, 4.69) is 6.08 Å². The molecule has 6 heteroatoms. The van der Waals surface area contributed by atoms with E-state index >= 15 is 0 Å². The zero-order chi connectivity index (χ0) is 12.7. The van der Waals surface area contributed by atoms with Crippen LogP contribution in [0.15, 0.2) is 6.08 Å². The second-order valence-electron chi connectivity index (χ2n) is 2.67. The van der Waals surface area contributed by atoms with Crippen molar-refractivity contribution in [3.05, 3.63) is 12.2 Å². The highest BCUT2D eigenvalue weighted by Gasteiger charge is 2.32. The Morgan fingerprint density at radius 1 is 0.688 bits per heavy atom. The largest absolute Gasteiger partial charge is 0.327 e. The standard InChI is InChI=1S/C10H19O6/c1-11-9(12-2,13-3)7-8-10(14-4,15-5)16-6/h7H,1-6H3. The SMILES string of the molecule is COC([C]=CC(OC)(OC)OC)(OC)OC. The van der Waals surface area contributed by atoms with E-state index in [1.54, 1.807) is 0 Å². The summed E-state index contributed by atoms with van der Waals surface area (Å²) in [4.78, 5) is 0. The Bertz CT molecular complexity index is 169. The summed E-state index contributed by atoms with van der Waals surface area (Å²) in [7, 11) is 8.55. The molecule has 1 radical (unpaired) electrons. The van der Waals surface area contributed by atoms with Gasteiger partial charge in [-0.25, -0.2) is 0 Å². The lowest BCUT2D eigenvalue weighted by molar-refractivity contribution is -0.335. The summed E-state index contributed by atoms with van der Waals surface area (Å²) in [6.07, 6.45) is 4.07. The third-order valence-electron chi connectivity index (χ3n) is 2.09. The average Bonchev–Trinajstić information content (AvgIpc) is 2.37. The molecule has 0 rings (SSSR count). The van der Waals surface area contributed by atoms with Crippen molar-refractivity contribution in [2.75, 3.05) is 42.7 Å². The lowest BCUT2D eigenvalue weighted by Crippen LogP contribution is -2.38. The Labute approximate surface area is 96.0 Å². The van der Waals surface area contributed by atoms with E-state index in [4.69, 9.17) is 28.4 Å². The third kappa shape index (κ3) is 3.51. The Morgan fingerprint density at radius 3 is 1.31 bits per heavy atom. The van der Waals surface area contributed by atoms with Crippen LogP contribution in [0.1, 0.15) is 0 Å². The Kier molecular flexibility index (Phi) is 6.73. The predicted octanol–water partition coefficient (Wildman–Crippen LogP) is 0.532. The Balaban J connectivity index is 4.88. The van der Waals surface area contributed by atoms with Gasteiger partial charge in [0.05, 0.1) is 6.08 Å². The van der Waals surface area contributed by atoms with Crippen LogP contribution in [0.4, 0.5) is 0 Å². The summed E-state index contributed by atoms with van der Waals surface area (Å²) in [5, 5.41) is 0. The van der Waals surface area contributed by atoms with Crippen molar-refractivity contribution in [1.29, 1.82) is 0 Å². The summed E-state index contributed by atoms with van der Waals surface area (Å²) in [6, 6.07) is 0. The van der Waals surface area contributed by atoms with E-state index in [0.29, 0.717) is 0 Å². The molecule has 0 fully saturated rings. The van der Waals surface area contributed by atoms with Crippen LogP contribution < -0.4 is 0 Å². The van der Waals surface area contributed by atoms with Crippen molar-refractivity contribution in [3.8, 4) is 0 Å². The zero-order valence-corrected chi connectivity index (χ0v) is 10.5. The summed E-state index contributed by atoms with van der Waals surface area (Å²) in [6.45, 7) is 0. The van der Waals surface area contributed by atoms with E-state index < -0.39 is 11.9 Å². The maximum atomic E-state index is 5.04. The van der Waals surface area contributed by atoms with Gasteiger partial charge >= 0.3 is 11.9 Å². The maximum absolute atomic E-state index is 5.04. The second-order valence-corrected chi connectivity index (χ2v) is 2.67. The molecule has 0 aromatic rings. The van der Waals surface area contributed by atoms with Gasteiger partial charge in [0, 0.05) is 48.7 Å². The van der Waals surface area contributed by atoms with Gasteiger partial charge in [-0.1, -0.05) is 0 Å². The van der Waals surface area contributed by atoms with Crippen molar-refractivity contribution >= 4 is 0 Å². The Morgan fingerprint density at radius 2 is 1.06 bits per heavy atom. The topological polar surface area (TPSA) is 55.4 Å². The van der Waals surface area contributed by atoms with Gasteiger partial charge in [0.2, 0.25) is 0 Å². The van der Waals surface area contributed by atoms with E-state index in [1.165, 1.54) is 48.7 Å². The van der Waals surface area contributed by atoms with Crippen LogP contribution in [-0.4, -0.2) is 54.6 Å². The number of hydrogen-bond acceptors (Lipinski definition) is 6. The monoisotopic (exact) mass is 235 g/mol.